The molecule has 7 heteroatoms. The maximum atomic E-state index is 13.0. The lowest BCUT2D eigenvalue weighted by Crippen LogP contribution is -2.52. The second-order valence-corrected chi connectivity index (χ2v) is 9.75. The zero-order valence-corrected chi connectivity index (χ0v) is 19.9. The Bertz CT molecular complexity index is 1050. The Morgan fingerprint density at radius 1 is 1.09 bits per heavy atom. The van der Waals surface area contributed by atoms with Gasteiger partial charge in [0.1, 0.15) is 12.1 Å². The molecule has 4 rings (SSSR count). The van der Waals surface area contributed by atoms with Crippen LogP contribution in [0.1, 0.15) is 57.1 Å². The van der Waals surface area contributed by atoms with Gasteiger partial charge in [-0.2, -0.15) is 0 Å². The summed E-state index contributed by atoms with van der Waals surface area (Å²) in [4.78, 5) is 38.9. The first kappa shape index (κ1) is 23.8. The van der Waals surface area contributed by atoms with Gasteiger partial charge in [-0.1, -0.05) is 62.4 Å². The number of aliphatic carboxylic acids is 1. The van der Waals surface area contributed by atoms with E-state index in [1.54, 1.807) is 6.92 Å². The maximum absolute atomic E-state index is 13.0. The summed E-state index contributed by atoms with van der Waals surface area (Å²) in [7, 11) is 0. The van der Waals surface area contributed by atoms with Crippen LogP contribution >= 0.6 is 0 Å². The van der Waals surface area contributed by atoms with Crippen molar-refractivity contribution in [3.63, 3.8) is 0 Å². The molecular formula is C27H32N2O5. The van der Waals surface area contributed by atoms with Gasteiger partial charge in [0.2, 0.25) is 5.91 Å². The first-order valence-corrected chi connectivity index (χ1v) is 11.9. The van der Waals surface area contributed by atoms with Crippen molar-refractivity contribution < 1.29 is 24.2 Å². The monoisotopic (exact) mass is 464 g/mol. The Kier molecular flexibility index (Phi) is 6.64. The van der Waals surface area contributed by atoms with Crippen LogP contribution in [0.25, 0.3) is 11.1 Å². The number of nitrogens with zero attached hydrogens (tertiary/aromatic N) is 1. The lowest BCUT2D eigenvalue weighted by Gasteiger charge is -2.33. The minimum atomic E-state index is -1.19. The number of nitrogens with one attached hydrogen (secondary N) is 1. The molecule has 2 amide bonds. The van der Waals surface area contributed by atoms with Crippen molar-refractivity contribution in [2.75, 3.05) is 13.2 Å². The number of carbonyl (C=O) groups excluding carboxylic acids is 2. The van der Waals surface area contributed by atoms with Crippen LogP contribution in [0.15, 0.2) is 48.5 Å². The smallest absolute Gasteiger partial charge is 0.407 e. The molecule has 0 bridgehead atoms. The quantitative estimate of drug-likeness (QED) is 0.633. The predicted octanol–water partition coefficient (Wildman–Crippen LogP) is 4.41. The van der Waals surface area contributed by atoms with Crippen molar-refractivity contribution in [2.45, 2.75) is 57.5 Å². The molecule has 1 fully saturated rings. The van der Waals surface area contributed by atoms with Gasteiger partial charge in [0, 0.05) is 24.9 Å². The van der Waals surface area contributed by atoms with Gasteiger partial charge in [0.15, 0.2) is 0 Å². The van der Waals surface area contributed by atoms with Crippen LogP contribution in [-0.4, -0.2) is 52.7 Å². The SMILES string of the molecule is CC(C)C(CC(=O)N1CCC[C@@]1(C)C(=O)O)NC(=O)OCC1c2ccccc2-c2ccccc21. The third-order valence-corrected chi connectivity index (χ3v) is 7.25. The number of hydrogen-bond acceptors (Lipinski definition) is 4. The zero-order chi connectivity index (χ0) is 24.5. The first-order chi connectivity index (χ1) is 16.2. The van der Waals surface area contributed by atoms with Gasteiger partial charge in [0.25, 0.3) is 0 Å². The van der Waals surface area contributed by atoms with Crippen molar-refractivity contribution in [3.8, 4) is 11.1 Å². The van der Waals surface area contributed by atoms with E-state index in [9.17, 15) is 19.5 Å². The van der Waals surface area contributed by atoms with E-state index in [1.165, 1.54) is 4.90 Å². The van der Waals surface area contributed by atoms with Gasteiger partial charge in [-0.25, -0.2) is 9.59 Å². The fraction of sp³-hybridized carbons (Fsp3) is 0.444. The van der Waals surface area contributed by atoms with Crippen molar-refractivity contribution in [1.82, 2.24) is 10.2 Å². The third kappa shape index (κ3) is 4.39. The normalized spacial score (nSPS) is 20.1. The number of ether oxygens (including phenoxy) is 1. The number of likely N-dealkylation sites (tertiary alicyclic amines) is 1. The standard InChI is InChI=1S/C27H32N2O5/c1-17(2)23(15-24(30)29-14-8-13-27(29,3)25(31)32)28-26(33)34-16-22-20-11-6-4-9-18(20)19-10-5-7-12-21(19)22/h4-7,9-12,17,22-23H,8,13-16H2,1-3H3,(H,28,33)(H,31,32)/t23?,27-/m0/s1. The van der Waals surface area contributed by atoms with Gasteiger partial charge in [0.05, 0.1) is 0 Å². The van der Waals surface area contributed by atoms with Crippen LogP contribution in [0.4, 0.5) is 4.79 Å². The molecule has 2 aromatic rings. The largest absolute Gasteiger partial charge is 0.480 e. The highest BCUT2D eigenvalue weighted by atomic mass is 16.5. The Hall–Kier alpha value is -3.35. The van der Waals surface area contributed by atoms with Crippen LogP contribution in [0.3, 0.4) is 0 Å². The van der Waals surface area contributed by atoms with Crippen molar-refractivity contribution in [1.29, 1.82) is 0 Å². The van der Waals surface area contributed by atoms with Crippen molar-refractivity contribution in [2.24, 2.45) is 5.92 Å². The van der Waals surface area contributed by atoms with Crippen LogP contribution in [0.2, 0.25) is 0 Å². The van der Waals surface area contributed by atoms with Crippen molar-refractivity contribution >= 4 is 18.0 Å². The first-order valence-electron chi connectivity index (χ1n) is 11.9. The lowest BCUT2D eigenvalue weighted by molar-refractivity contribution is -0.155. The van der Waals surface area contributed by atoms with Crippen LogP contribution in [-0.2, 0) is 14.3 Å². The number of alkyl carbamates (subject to hydrolysis) is 1. The second kappa shape index (κ2) is 9.49. The zero-order valence-electron chi connectivity index (χ0n) is 19.9. The second-order valence-electron chi connectivity index (χ2n) is 9.75. The Morgan fingerprint density at radius 2 is 1.68 bits per heavy atom. The van der Waals surface area contributed by atoms with E-state index < -0.39 is 23.6 Å². The van der Waals surface area contributed by atoms with Gasteiger partial charge in [-0.15, -0.1) is 0 Å². The summed E-state index contributed by atoms with van der Waals surface area (Å²) in [5.41, 5.74) is 3.39. The van der Waals surface area contributed by atoms with Gasteiger partial charge in [-0.3, -0.25) is 4.79 Å². The number of rotatable bonds is 7. The van der Waals surface area contributed by atoms with Gasteiger partial charge in [-0.05, 0) is 47.9 Å². The molecule has 2 atom stereocenters. The van der Waals surface area contributed by atoms with Crippen LogP contribution < -0.4 is 5.32 Å². The molecule has 0 radical (unpaired) electrons. The van der Waals surface area contributed by atoms with E-state index in [1.807, 2.05) is 38.1 Å². The van der Waals surface area contributed by atoms with Gasteiger partial charge < -0.3 is 20.1 Å². The summed E-state index contributed by atoms with van der Waals surface area (Å²) >= 11 is 0. The third-order valence-electron chi connectivity index (χ3n) is 7.25. The predicted molar refractivity (Wildman–Crippen MR) is 128 cm³/mol. The fourth-order valence-electron chi connectivity index (χ4n) is 5.13. The highest BCUT2D eigenvalue weighted by Gasteiger charge is 2.46. The molecule has 0 saturated carbocycles. The number of amides is 2. The fourth-order valence-corrected chi connectivity index (χ4v) is 5.13. The van der Waals surface area contributed by atoms with E-state index in [-0.39, 0.29) is 30.8 Å². The molecule has 1 aliphatic heterocycles. The number of fused-ring (bicyclic) bond motifs is 3. The molecule has 2 N–H and O–H groups in total. The van der Waals surface area contributed by atoms with E-state index in [0.717, 1.165) is 22.3 Å². The molecule has 1 heterocycles. The summed E-state index contributed by atoms with van der Waals surface area (Å²) in [5, 5.41) is 12.5. The molecule has 1 unspecified atom stereocenters. The van der Waals surface area contributed by atoms with E-state index in [4.69, 9.17) is 4.74 Å². The molecule has 0 aromatic heterocycles. The van der Waals surface area contributed by atoms with Crippen molar-refractivity contribution in [3.05, 3.63) is 59.7 Å². The Morgan fingerprint density at radius 3 is 2.24 bits per heavy atom. The summed E-state index contributed by atoms with van der Waals surface area (Å²) in [6.45, 7) is 6.03. The molecular weight excluding hydrogens is 432 g/mol. The lowest BCUT2D eigenvalue weighted by atomic mass is 9.96. The minimum Gasteiger partial charge on any atom is -0.480 e. The molecule has 1 saturated heterocycles. The topological polar surface area (TPSA) is 95.9 Å². The summed E-state index contributed by atoms with van der Waals surface area (Å²) < 4.78 is 5.64. The molecule has 1 aliphatic carbocycles. The Balaban J connectivity index is 1.40. The Labute approximate surface area is 200 Å². The number of carbonyl (C=O) groups is 3. The highest BCUT2D eigenvalue weighted by molar-refractivity contribution is 5.88. The van der Waals surface area contributed by atoms with Crippen LogP contribution in [0, 0.1) is 5.92 Å². The number of carboxylic acids is 1. The summed E-state index contributed by atoms with van der Waals surface area (Å²) in [5.74, 6) is -1.33. The molecule has 2 aromatic carbocycles. The molecule has 7 nitrogen and oxygen atoms in total. The van der Waals surface area contributed by atoms with Crippen LogP contribution in [0.5, 0.6) is 0 Å². The minimum absolute atomic E-state index is 0.0249. The number of benzene rings is 2. The average Bonchev–Trinajstić information content (AvgIpc) is 3.36. The summed E-state index contributed by atoms with van der Waals surface area (Å²) in [6.07, 6.45) is 0.543. The van der Waals surface area contributed by atoms with E-state index in [0.29, 0.717) is 19.4 Å². The summed E-state index contributed by atoms with van der Waals surface area (Å²) in [6, 6.07) is 15.8. The molecule has 180 valence electrons. The number of carboxylic acid groups (broad SMARTS) is 1. The maximum Gasteiger partial charge on any atom is 0.407 e. The average molecular weight is 465 g/mol. The molecule has 0 spiro atoms. The van der Waals surface area contributed by atoms with Gasteiger partial charge >= 0.3 is 12.1 Å². The number of hydrogen-bond donors (Lipinski definition) is 2. The molecule has 2 aliphatic rings. The highest BCUT2D eigenvalue weighted by Crippen LogP contribution is 2.44. The van der Waals surface area contributed by atoms with E-state index in [2.05, 4.69) is 29.6 Å². The van der Waals surface area contributed by atoms with E-state index >= 15 is 0 Å². The molecule has 34 heavy (non-hydrogen) atoms.